The number of carbonyl (C=O) groups is 1. The van der Waals surface area contributed by atoms with Gasteiger partial charge in [0.05, 0.1) is 10.8 Å². The Balaban J connectivity index is 2.01. The molecule has 4 nitrogen and oxygen atoms in total. The van der Waals surface area contributed by atoms with Crippen molar-refractivity contribution in [3.63, 3.8) is 0 Å². The molecule has 2 aromatic rings. The van der Waals surface area contributed by atoms with E-state index in [2.05, 4.69) is 0 Å². The summed E-state index contributed by atoms with van der Waals surface area (Å²) in [5.74, 6) is 0.975. The van der Waals surface area contributed by atoms with Gasteiger partial charge in [-0.15, -0.1) is 23.5 Å². The van der Waals surface area contributed by atoms with Crippen LogP contribution in [0, 0.1) is 6.92 Å². The van der Waals surface area contributed by atoms with E-state index in [1.54, 1.807) is 47.8 Å². The monoisotopic (exact) mass is 447 g/mol. The van der Waals surface area contributed by atoms with Gasteiger partial charge >= 0.3 is 0 Å². The van der Waals surface area contributed by atoms with Crippen LogP contribution in [0.5, 0.6) is 0 Å². The smallest absolute Gasteiger partial charge is 0.266 e. The van der Waals surface area contributed by atoms with Gasteiger partial charge in [-0.1, -0.05) is 48.0 Å². The number of hydrogen-bond donors (Lipinski definition) is 0. The molecular formula is C22H25NO3S3. The van der Waals surface area contributed by atoms with Crippen LogP contribution in [0.2, 0.25) is 0 Å². The molecule has 7 heteroatoms. The highest BCUT2D eigenvalue weighted by Crippen LogP contribution is 2.42. The fourth-order valence-corrected chi connectivity index (χ4v) is 6.96. The molecule has 29 heavy (non-hydrogen) atoms. The van der Waals surface area contributed by atoms with Gasteiger partial charge in [-0.05, 0) is 55.0 Å². The Morgan fingerprint density at radius 2 is 1.59 bits per heavy atom. The fourth-order valence-electron chi connectivity index (χ4n) is 3.17. The van der Waals surface area contributed by atoms with Gasteiger partial charge in [0.1, 0.15) is 0 Å². The molecule has 0 N–H and O–H groups in total. The van der Waals surface area contributed by atoms with Gasteiger partial charge < -0.3 is 0 Å². The highest BCUT2D eigenvalue weighted by atomic mass is 32.2. The van der Waals surface area contributed by atoms with Crippen LogP contribution in [-0.4, -0.2) is 37.2 Å². The predicted molar refractivity (Wildman–Crippen MR) is 123 cm³/mol. The Bertz CT molecular complexity index is 991. The maximum Gasteiger partial charge on any atom is 0.266 e. The zero-order valence-corrected chi connectivity index (χ0v) is 19.2. The summed E-state index contributed by atoms with van der Waals surface area (Å²) in [6, 6.07) is 16.0. The molecular weight excluding hydrogens is 422 g/mol. The number of likely N-dealkylation sites (N-methyl/N-ethyl adjacent to an activating group) is 1. The van der Waals surface area contributed by atoms with Crippen LogP contribution >= 0.6 is 23.5 Å². The molecule has 0 aliphatic carbocycles. The van der Waals surface area contributed by atoms with E-state index >= 15 is 0 Å². The molecule has 0 aromatic heterocycles. The van der Waals surface area contributed by atoms with Crippen molar-refractivity contribution < 1.29 is 13.2 Å². The zero-order valence-electron chi connectivity index (χ0n) is 16.8. The van der Waals surface area contributed by atoms with E-state index in [1.807, 2.05) is 44.2 Å². The molecule has 0 bridgehead atoms. The van der Waals surface area contributed by atoms with Crippen LogP contribution in [0.15, 0.2) is 69.3 Å². The van der Waals surface area contributed by atoms with Crippen molar-refractivity contribution in [3.8, 4) is 0 Å². The van der Waals surface area contributed by atoms with Crippen LogP contribution in [0.25, 0.3) is 0 Å². The number of hydrogen-bond acceptors (Lipinski definition) is 5. The van der Waals surface area contributed by atoms with Crippen LogP contribution in [-0.2, 0) is 14.8 Å². The van der Waals surface area contributed by atoms with Crippen molar-refractivity contribution in [1.29, 1.82) is 0 Å². The molecule has 1 amide bonds. The fraction of sp³-hybridized carbons (Fsp3) is 0.318. The third kappa shape index (κ3) is 4.90. The minimum Gasteiger partial charge on any atom is -0.273 e. The Hall–Kier alpha value is -1.70. The van der Waals surface area contributed by atoms with Crippen molar-refractivity contribution in [3.05, 3.63) is 75.5 Å². The SMILES string of the molecule is CC(=C1SCCCS1)C(C(=O)N(C)S(=O)(=O)c1ccc(C)cc1)c1ccccc1. The van der Waals surface area contributed by atoms with Crippen molar-refractivity contribution in [2.45, 2.75) is 31.1 Å². The molecule has 0 spiro atoms. The lowest BCUT2D eigenvalue weighted by Crippen LogP contribution is -2.37. The van der Waals surface area contributed by atoms with Crippen molar-refractivity contribution >= 4 is 39.5 Å². The average Bonchev–Trinajstić information content (AvgIpc) is 2.75. The van der Waals surface area contributed by atoms with Crippen LogP contribution in [0.1, 0.15) is 30.4 Å². The molecule has 3 rings (SSSR count). The number of nitrogens with zero attached hydrogens (tertiary/aromatic N) is 1. The van der Waals surface area contributed by atoms with Gasteiger partial charge in [0.15, 0.2) is 0 Å². The standard InChI is InChI=1S/C22H25NO3S3/c1-16-10-12-19(13-11-16)29(25,26)23(3)21(24)20(18-8-5-4-6-9-18)17(2)22-27-14-7-15-28-22/h4-6,8-13,20H,7,14-15H2,1-3H3. The zero-order chi connectivity index (χ0) is 21.0. The molecule has 1 heterocycles. The lowest BCUT2D eigenvalue weighted by molar-refractivity contribution is -0.126. The molecule has 1 aliphatic rings. The number of carbonyl (C=O) groups excluding carboxylic acids is 1. The number of sulfonamides is 1. The second-order valence-electron chi connectivity index (χ2n) is 6.99. The molecule has 1 fully saturated rings. The highest BCUT2D eigenvalue weighted by molar-refractivity contribution is 8.22. The van der Waals surface area contributed by atoms with E-state index < -0.39 is 21.8 Å². The lowest BCUT2D eigenvalue weighted by Gasteiger charge is -2.27. The molecule has 1 saturated heterocycles. The second kappa shape index (κ2) is 9.41. The Labute approximate surface area is 181 Å². The minimum absolute atomic E-state index is 0.123. The summed E-state index contributed by atoms with van der Waals surface area (Å²) in [7, 11) is -2.57. The van der Waals surface area contributed by atoms with Crippen molar-refractivity contribution in [2.24, 2.45) is 0 Å². The third-order valence-electron chi connectivity index (χ3n) is 4.88. The van der Waals surface area contributed by atoms with Crippen molar-refractivity contribution in [1.82, 2.24) is 4.31 Å². The molecule has 0 saturated carbocycles. The predicted octanol–water partition coefficient (Wildman–Crippen LogP) is 5.03. The average molecular weight is 448 g/mol. The van der Waals surface area contributed by atoms with Gasteiger partial charge in [-0.2, -0.15) is 0 Å². The van der Waals surface area contributed by atoms with Crippen LogP contribution in [0.4, 0.5) is 0 Å². The Kier molecular flexibility index (Phi) is 7.14. The highest BCUT2D eigenvalue weighted by Gasteiger charge is 2.34. The lowest BCUT2D eigenvalue weighted by atomic mass is 9.92. The first-order chi connectivity index (χ1) is 13.8. The van der Waals surface area contributed by atoms with E-state index in [0.29, 0.717) is 0 Å². The number of rotatable bonds is 5. The Morgan fingerprint density at radius 1 is 1.00 bits per heavy atom. The Morgan fingerprint density at radius 3 is 2.17 bits per heavy atom. The summed E-state index contributed by atoms with van der Waals surface area (Å²) in [5, 5.41) is 0. The van der Waals surface area contributed by atoms with Gasteiger partial charge in [-0.3, -0.25) is 4.79 Å². The third-order valence-corrected chi connectivity index (χ3v) is 9.51. The molecule has 1 atom stereocenters. The van der Waals surface area contributed by atoms with Gasteiger partial charge in [-0.25, -0.2) is 12.7 Å². The number of benzene rings is 2. The van der Waals surface area contributed by atoms with E-state index in [9.17, 15) is 13.2 Å². The quantitative estimate of drug-likeness (QED) is 0.644. The maximum atomic E-state index is 13.5. The topological polar surface area (TPSA) is 54.5 Å². The van der Waals surface area contributed by atoms with E-state index in [1.165, 1.54) is 7.05 Å². The summed E-state index contributed by atoms with van der Waals surface area (Å²) in [6.45, 7) is 3.84. The summed E-state index contributed by atoms with van der Waals surface area (Å²) in [6.07, 6.45) is 1.14. The number of thioether (sulfide) groups is 2. The number of amides is 1. The number of aryl methyl sites for hydroxylation is 1. The summed E-state index contributed by atoms with van der Waals surface area (Å²) < 4.78 is 28.2. The van der Waals surface area contributed by atoms with Crippen molar-refractivity contribution in [2.75, 3.05) is 18.6 Å². The largest absolute Gasteiger partial charge is 0.273 e. The summed E-state index contributed by atoms with van der Waals surface area (Å²) >= 11 is 3.50. The van der Waals surface area contributed by atoms with Gasteiger partial charge in [0.25, 0.3) is 10.0 Å². The van der Waals surface area contributed by atoms with Gasteiger partial charge in [0, 0.05) is 11.3 Å². The van der Waals surface area contributed by atoms with Gasteiger partial charge in [0.2, 0.25) is 5.91 Å². The molecule has 0 radical (unpaired) electrons. The molecule has 1 aliphatic heterocycles. The first kappa shape index (κ1) is 22.0. The van der Waals surface area contributed by atoms with E-state index in [-0.39, 0.29) is 4.90 Å². The molecule has 154 valence electrons. The summed E-state index contributed by atoms with van der Waals surface area (Å²) in [4.78, 5) is 13.6. The summed E-state index contributed by atoms with van der Waals surface area (Å²) in [5.41, 5.74) is 2.69. The van der Waals surface area contributed by atoms with E-state index in [0.717, 1.165) is 43.2 Å². The van der Waals surface area contributed by atoms with Crippen LogP contribution in [0.3, 0.4) is 0 Å². The van der Waals surface area contributed by atoms with Crippen LogP contribution < -0.4 is 0 Å². The van der Waals surface area contributed by atoms with E-state index in [4.69, 9.17) is 0 Å². The first-order valence-corrected chi connectivity index (χ1v) is 12.8. The molecule has 2 aromatic carbocycles. The second-order valence-corrected chi connectivity index (χ2v) is 11.4. The normalized spacial score (nSPS) is 15.6. The molecule has 1 unspecified atom stereocenters. The maximum absolute atomic E-state index is 13.5. The first-order valence-electron chi connectivity index (χ1n) is 9.43. The minimum atomic E-state index is -3.92.